The van der Waals surface area contributed by atoms with E-state index in [2.05, 4.69) is 11.9 Å². The van der Waals surface area contributed by atoms with E-state index in [9.17, 15) is 13.8 Å². The summed E-state index contributed by atoms with van der Waals surface area (Å²) in [5.41, 5.74) is 0.217. The van der Waals surface area contributed by atoms with Crippen molar-refractivity contribution < 1.29 is 23.2 Å². The van der Waals surface area contributed by atoms with Gasteiger partial charge in [-0.25, -0.2) is 0 Å². The van der Waals surface area contributed by atoms with Crippen molar-refractivity contribution in [3.63, 3.8) is 0 Å². The Morgan fingerprint density at radius 3 is 2.64 bits per heavy atom. The van der Waals surface area contributed by atoms with Crippen LogP contribution in [0.25, 0.3) is 0 Å². The molecule has 1 aromatic rings. The zero-order valence-electron chi connectivity index (χ0n) is 14.9. The predicted molar refractivity (Wildman–Crippen MR) is 96.2 cm³/mol. The highest BCUT2D eigenvalue weighted by Gasteiger charge is 2.11. The van der Waals surface area contributed by atoms with Crippen molar-refractivity contribution in [2.75, 3.05) is 32.2 Å². The number of esters is 1. The Bertz CT molecular complexity index is 601. The standard InChI is InChI=1S/C17H27NO6S/c1-3-5-7-22-8-9-24-17(20)13-25(21)12-14-10-15(19)16(11-18-14)23-6-4-2/h10-11H,3-9,12-13H2,1-2H3,(H,18,19). The molecule has 0 saturated carbocycles. The molecule has 0 amide bonds. The van der Waals surface area contributed by atoms with Crippen LogP contribution in [0.2, 0.25) is 0 Å². The lowest BCUT2D eigenvalue weighted by Crippen LogP contribution is -2.19. The topological polar surface area (TPSA) is 94.7 Å². The second-order valence-electron chi connectivity index (χ2n) is 5.45. The van der Waals surface area contributed by atoms with Crippen LogP contribution in [-0.4, -0.2) is 47.3 Å². The Morgan fingerprint density at radius 2 is 1.96 bits per heavy atom. The minimum Gasteiger partial charge on any atom is -0.488 e. The first kappa shape index (κ1) is 21.4. The molecule has 0 aliphatic rings. The number of carbonyl (C=O) groups excluding carboxylic acids is 1. The fraction of sp³-hybridized carbons (Fsp3) is 0.647. The summed E-state index contributed by atoms with van der Waals surface area (Å²) >= 11 is 0. The Morgan fingerprint density at radius 1 is 1.16 bits per heavy atom. The maximum absolute atomic E-state index is 12.0. The molecule has 7 nitrogen and oxygen atoms in total. The first-order valence-electron chi connectivity index (χ1n) is 8.49. The van der Waals surface area contributed by atoms with Crippen LogP contribution in [0.1, 0.15) is 38.8 Å². The number of aromatic nitrogens is 1. The van der Waals surface area contributed by atoms with Gasteiger partial charge in [0.25, 0.3) is 0 Å². The summed E-state index contributed by atoms with van der Waals surface area (Å²) in [6, 6.07) is 1.34. The summed E-state index contributed by atoms with van der Waals surface area (Å²) in [6.45, 7) is 5.61. The van der Waals surface area contributed by atoms with Gasteiger partial charge in [-0.15, -0.1) is 0 Å². The molecule has 0 radical (unpaired) electrons. The number of ether oxygens (including phenoxy) is 3. The molecule has 1 aromatic heterocycles. The summed E-state index contributed by atoms with van der Waals surface area (Å²) < 4.78 is 27.5. The molecule has 0 saturated heterocycles. The van der Waals surface area contributed by atoms with Gasteiger partial charge in [-0.05, 0) is 12.8 Å². The predicted octanol–water partition coefficient (Wildman–Crippen LogP) is 1.77. The van der Waals surface area contributed by atoms with E-state index in [4.69, 9.17) is 14.2 Å². The molecule has 142 valence electrons. The molecule has 1 atom stereocenters. The van der Waals surface area contributed by atoms with Gasteiger partial charge in [-0.2, -0.15) is 0 Å². The zero-order chi connectivity index (χ0) is 18.5. The lowest BCUT2D eigenvalue weighted by molar-refractivity contribution is -0.142. The largest absolute Gasteiger partial charge is 0.488 e. The summed E-state index contributed by atoms with van der Waals surface area (Å²) in [7, 11) is -1.46. The number of H-pyrrole nitrogens is 1. The number of hydrogen-bond donors (Lipinski definition) is 1. The quantitative estimate of drug-likeness (QED) is 0.418. The van der Waals surface area contributed by atoms with Crippen LogP contribution >= 0.6 is 0 Å². The van der Waals surface area contributed by atoms with Gasteiger partial charge in [-0.1, -0.05) is 20.3 Å². The van der Waals surface area contributed by atoms with E-state index >= 15 is 0 Å². The summed E-state index contributed by atoms with van der Waals surface area (Å²) in [5, 5.41) is 0. The van der Waals surface area contributed by atoms with Crippen molar-refractivity contribution in [3.8, 4) is 5.75 Å². The highest BCUT2D eigenvalue weighted by molar-refractivity contribution is 7.84. The van der Waals surface area contributed by atoms with Gasteiger partial charge >= 0.3 is 5.97 Å². The van der Waals surface area contributed by atoms with Crippen LogP contribution in [0.15, 0.2) is 17.1 Å². The van der Waals surface area contributed by atoms with Crippen molar-refractivity contribution in [1.29, 1.82) is 0 Å². The molecule has 8 heteroatoms. The highest BCUT2D eigenvalue weighted by atomic mass is 32.2. The van der Waals surface area contributed by atoms with Crippen LogP contribution in [-0.2, 0) is 30.8 Å². The van der Waals surface area contributed by atoms with Crippen molar-refractivity contribution in [2.24, 2.45) is 0 Å². The summed E-state index contributed by atoms with van der Waals surface area (Å²) in [6.07, 6.45) is 4.28. The fourth-order valence-corrected chi connectivity index (χ4v) is 2.83. The van der Waals surface area contributed by atoms with Crippen LogP contribution in [0, 0.1) is 0 Å². The van der Waals surface area contributed by atoms with Gasteiger partial charge < -0.3 is 19.2 Å². The SMILES string of the molecule is CCCCOCCOC(=O)CS(=O)Cc1cc(=O)c(OCCC)c[nH]1. The van der Waals surface area contributed by atoms with E-state index in [1.165, 1.54) is 12.3 Å². The average molecular weight is 373 g/mol. The summed E-state index contributed by atoms with van der Waals surface area (Å²) in [5.74, 6) is -0.447. The normalized spacial score (nSPS) is 11.9. The molecule has 0 fully saturated rings. The van der Waals surface area contributed by atoms with Crippen LogP contribution in [0.4, 0.5) is 0 Å². The lowest BCUT2D eigenvalue weighted by atomic mass is 10.3. The van der Waals surface area contributed by atoms with E-state index in [-0.39, 0.29) is 29.3 Å². The van der Waals surface area contributed by atoms with Crippen LogP contribution in [0.5, 0.6) is 5.75 Å². The molecule has 0 bridgehead atoms. The van der Waals surface area contributed by atoms with E-state index in [1.54, 1.807) is 0 Å². The van der Waals surface area contributed by atoms with Crippen LogP contribution in [0.3, 0.4) is 0 Å². The van der Waals surface area contributed by atoms with Crippen molar-refractivity contribution in [2.45, 2.75) is 38.9 Å². The fourth-order valence-electron chi connectivity index (χ4n) is 1.87. The molecule has 1 rings (SSSR count). The monoisotopic (exact) mass is 373 g/mol. The minimum absolute atomic E-state index is 0.0748. The first-order valence-corrected chi connectivity index (χ1v) is 9.98. The molecular formula is C17H27NO6S. The second kappa shape index (κ2) is 12.7. The third kappa shape index (κ3) is 9.40. The van der Waals surface area contributed by atoms with Gasteiger partial charge in [0.15, 0.2) is 5.75 Å². The van der Waals surface area contributed by atoms with Gasteiger partial charge in [0.05, 0.1) is 19.0 Å². The summed E-state index contributed by atoms with van der Waals surface area (Å²) in [4.78, 5) is 26.3. The van der Waals surface area contributed by atoms with Gasteiger partial charge in [-0.3, -0.25) is 13.8 Å². The van der Waals surface area contributed by atoms with Gasteiger partial charge in [0.1, 0.15) is 12.4 Å². The van der Waals surface area contributed by atoms with Gasteiger partial charge in [0, 0.05) is 35.4 Å². The molecule has 0 aliphatic carbocycles. The van der Waals surface area contributed by atoms with Crippen LogP contribution < -0.4 is 10.2 Å². The van der Waals surface area contributed by atoms with E-state index < -0.39 is 16.8 Å². The van der Waals surface area contributed by atoms with Crippen molar-refractivity contribution in [1.82, 2.24) is 4.98 Å². The third-order valence-corrected chi connectivity index (χ3v) is 4.32. The lowest BCUT2D eigenvalue weighted by Gasteiger charge is -2.07. The third-order valence-electron chi connectivity index (χ3n) is 3.13. The maximum atomic E-state index is 12.0. The molecule has 25 heavy (non-hydrogen) atoms. The zero-order valence-corrected chi connectivity index (χ0v) is 15.7. The minimum atomic E-state index is -1.46. The van der Waals surface area contributed by atoms with Gasteiger partial charge in [0.2, 0.25) is 5.43 Å². The molecule has 1 N–H and O–H groups in total. The van der Waals surface area contributed by atoms with E-state index in [0.717, 1.165) is 19.3 Å². The van der Waals surface area contributed by atoms with E-state index in [1.807, 2.05) is 6.92 Å². The second-order valence-corrected chi connectivity index (χ2v) is 6.91. The smallest absolute Gasteiger partial charge is 0.318 e. The number of carbonyl (C=O) groups is 1. The number of unbranched alkanes of at least 4 members (excludes halogenated alkanes) is 1. The maximum Gasteiger partial charge on any atom is 0.318 e. The Hall–Kier alpha value is -1.67. The Kier molecular flexibility index (Phi) is 10.8. The number of rotatable bonds is 13. The molecule has 0 aromatic carbocycles. The number of hydrogen-bond acceptors (Lipinski definition) is 6. The van der Waals surface area contributed by atoms with Crippen molar-refractivity contribution >= 4 is 16.8 Å². The molecule has 1 unspecified atom stereocenters. The Labute approximate surface area is 150 Å². The molecule has 1 heterocycles. The highest BCUT2D eigenvalue weighted by Crippen LogP contribution is 2.05. The molecular weight excluding hydrogens is 346 g/mol. The van der Waals surface area contributed by atoms with Crippen molar-refractivity contribution in [3.05, 3.63) is 28.2 Å². The first-order chi connectivity index (χ1) is 12.1. The number of nitrogens with one attached hydrogen (secondary N) is 1. The molecule has 0 aliphatic heterocycles. The average Bonchev–Trinajstić information content (AvgIpc) is 2.57. The Balaban J connectivity index is 2.32. The number of pyridine rings is 1. The molecule has 0 spiro atoms. The number of aromatic amines is 1. The van der Waals surface area contributed by atoms with E-state index in [0.29, 0.717) is 25.5 Å².